The molecule has 96 valence electrons. The van der Waals surface area contributed by atoms with Gasteiger partial charge in [0.15, 0.2) is 11.5 Å². The van der Waals surface area contributed by atoms with Crippen molar-refractivity contribution in [3.05, 3.63) is 29.8 Å². The van der Waals surface area contributed by atoms with Crippen molar-refractivity contribution in [1.29, 1.82) is 0 Å². The predicted molar refractivity (Wildman–Crippen MR) is 54.2 cm³/mol. The number of aliphatic carboxylic acids is 1. The van der Waals surface area contributed by atoms with Crippen LogP contribution in [-0.2, 0) is 4.79 Å². The van der Waals surface area contributed by atoms with E-state index in [-0.39, 0.29) is 24.2 Å². The largest absolute Gasteiger partial charge is 0.478 e. The van der Waals surface area contributed by atoms with E-state index in [1.165, 1.54) is 6.07 Å². The predicted octanol–water partition coefficient (Wildman–Crippen LogP) is 2.45. The lowest BCUT2D eigenvalue weighted by Crippen LogP contribution is -2.12. The van der Waals surface area contributed by atoms with Gasteiger partial charge in [-0.1, -0.05) is 6.07 Å². The summed E-state index contributed by atoms with van der Waals surface area (Å²) in [6, 6.07) is 3.54. The van der Waals surface area contributed by atoms with Crippen LogP contribution in [0.15, 0.2) is 24.3 Å². The van der Waals surface area contributed by atoms with Crippen LogP contribution >= 0.6 is 0 Å². The fourth-order valence-corrected chi connectivity index (χ4v) is 1.52. The van der Waals surface area contributed by atoms with Crippen molar-refractivity contribution >= 4 is 11.5 Å². The minimum Gasteiger partial charge on any atom is -0.478 e. The maximum absolute atomic E-state index is 12.7. The van der Waals surface area contributed by atoms with Gasteiger partial charge in [-0.15, -0.1) is 0 Å². The summed E-state index contributed by atoms with van der Waals surface area (Å²) in [4.78, 5) is 10.4. The molecule has 2 rings (SSSR count). The molecule has 18 heavy (non-hydrogen) atoms. The normalized spacial score (nSPS) is 14.7. The lowest BCUT2D eigenvalue weighted by atomic mass is 10.0. The number of benzene rings is 1. The Morgan fingerprint density at radius 2 is 1.94 bits per heavy atom. The zero-order chi connectivity index (χ0) is 13.3. The molecule has 0 aliphatic carbocycles. The molecule has 4 nitrogen and oxygen atoms in total. The minimum absolute atomic E-state index is 0.0667. The first-order valence-corrected chi connectivity index (χ1v) is 4.80. The number of carboxylic acids is 1. The lowest BCUT2D eigenvalue weighted by molar-refractivity contribution is -0.131. The van der Waals surface area contributed by atoms with Crippen molar-refractivity contribution < 1.29 is 32.5 Å². The first kappa shape index (κ1) is 12.3. The molecule has 1 N–H and O–H groups in total. The van der Waals surface area contributed by atoms with Crippen molar-refractivity contribution in [2.75, 3.05) is 6.79 Å². The van der Waals surface area contributed by atoms with Gasteiger partial charge in [0, 0.05) is 6.08 Å². The Kier molecular flexibility index (Phi) is 2.90. The average Bonchev–Trinajstić information content (AvgIpc) is 2.70. The van der Waals surface area contributed by atoms with Crippen LogP contribution in [0.4, 0.5) is 13.2 Å². The van der Waals surface area contributed by atoms with E-state index < -0.39 is 17.7 Å². The van der Waals surface area contributed by atoms with Crippen LogP contribution in [0.3, 0.4) is 0 Å². The molecule has 0 atom stereocenters. The second-order valence-corrected chi connectivity index (χ2v) is 3.46. The Balaban J connectivity index is 2.47. The van der Waals surface area contributed by atoms with Crippen molar-refractivity contribution in [2.45, 2.75) is 6.18 Å². The fraction of sp³-hybridized carbons (Fsp3) is 0.182. The third kappa shape index (κ3) is 2.39. The molecule has 0 amide bonds. The molecule has 0 aromatic heterocycles. The summed E-state index contributed by atoms with van der Waals surface area (Å²) >= 11 is 0. The number of ether oxygens (including phenoxy) is 2. The number of halogens is 3. The van der Waals surface area contributed by atoms with Crippen LogP contribution in [0.25, 0.3) is 5.57 Å². The molecule has 0 saturated carbocycles. The monoisotopic (exact) mass is 260 g/mol. The summed E-state index contributed by atoms with van der Waals surface area (Å²) < 4.78 is 48.0. The quantitative estimate of drug-likeness (QED) is 0.830. The summed E-state index contributed by atoms with van der Waals surface area (Å²) in [5.41, 5.74) is -1.53. The van der Waals surface area contributed by atoms with Crippen molar-refractivity contribution in [2.24, 2.45) is 0 Å². The van der Waals surface area contributed by atoms with Gasteiger partial charge in [-0.05, 0) is 17.7 Å². The molecule has 0 spiro atoms. The van der Waals surface area contributed by atoms with Crippen LogP contribution < -0.4 is 9.47 Å². The van der Waals surface area contributed by atoms with Gasteiger partial charge in [-0.2, -0.15) is 13.2 Å². The molecule has 0 fully saturated rings. The van der Waals surface area contributed by atoms with Gasteiger partial charge in [-0.25, -0.2) is 4.79 Å². The van der Waals surface area contributed by atoms with E-state index in [0.717, 1.165) is 12.1 Å². The van der Waals surface area contributed by atoms with Gasteiger partial charge in [0.25, 0.3) is 0 Å². The van der Waals surface area contributed by atoms with Crippen LogP contribution in [-0.4, -0.2) is 24.0 Å². The van der Waals surface area contributed by atoms with Crippen molar-refractivity contribution in [1.82, 2.24) is 0 Å². The Morgan fingerprint density at radius 3 is 2.56 bits per heavy atom. The number of carbonyl (C=O) groups is 1. The second kappa shape index (κ2) is 4.25. The van der Waals surface area contributed by atoms with Crippen LogP contribution in [0.2, 0.25) is 0 Å². The van der Waals surface area contributed by atoms with Crippen LogP contribution in [0.5, 0.6) is 11.5 Å². The molecule has 0 radical (unpaired) electrons. The van der Waals surface area contributed by atoms with E-state index in [2.05, 4.69) is 0 Å². The van der Waals surface area contributed by atoms with Gasteiger partial charge in [0.1, 0.15) is 0 Å². The number of hydrogen-bond acceptors (Lipinski definition) is 3. The minimum atomic E-state index is -4.76. The van der Waals surface area contributed by atoms with Gasteiger partial charge < -0.3 is 14.6 Å². The molecule has 0 unspecified atom stereocenters. The lowest BCUT2D eigenvalue weighted by Gasteiger charge is -2.11. The SMILES string of the molecule is O=C(O)/C=C(\c1ccc2c(c1)OCO2)C(F)(F)F. The number of carboxylic acid groups (broad SMARTS) is 1. The molecule has 1 aliphatic heterocycles. The summed E-state index contributed by atoms with van der Waals surface area (Å²) in [6.45, 7) is -0.0667. The third-order valence-electron chi connectivity index (χ3n) is 2.26. The number of rotatable bonds is 2. The summed E-state index contributed by atoms with van der Waals surface area (Å²) in [7, 11) is 0. The highest BCUT2D eigenvalue weighted by molar-refractivity contribution is 5.91. The molecule has 0 bridgehead atoms. The van der Waals surface area contributed by atoms with E-state index in [1.807, 2.05) is 0 Å². The molecule has 1 aliphatic rings. The Hall–Kier alpha value is -2.18. The van der Waals surface area contributed by atoms with E-state index in [4.69, 9.17) is 14.6 Å². The van der Waals surface area contributed by atoms with Crippen molar-refractivity contribution in [3.63, 3.8) is 0 Å². The van der Waals surface area contributed by atoms with E-state index in [1.54, 1.807) is 0 Å². The van der Waals surface area contributed by atoms with Gasteiger partial charge >= 0.3 is 12.1 Å². The first-order valence-electron chi connectivity index (χ1n) is 4.80. The highest BCUT2D eigenvalue weighted by Gasteiger charge is 2.36. The highest BCUT2D eigenvalue weighted by Crippen LogP contribution is 2.39. The molecule has 7 heteroatoms. The van der Waals surface area contributed by atoms with E-state index in [0.29, 0.717) is 5.75 Å². The molecule has 1 aromatic carbocycles. The van der Waals surface area contributed by atoms with Crippen LogP contribution in [0.1, 0.15) is 5.56 Å². The molecular weight excluding hydrogens is 253 g/mol. The Labute approximate surface area is 99.2 Å². The van der Waals surface area contributed by atoms with E-state index >= 15 is 0 Å². The summed E-state index contributed by atoms with van der Waals surface area (Å²) in [5, 5.41) is 8.47. The van der Waals surface area contributed by atoms with Gasteiger partial charge in [0.2, 0.25) is 6.79 Å². The third-order valence-corrected chi connectivity index (χ3v) is 2.26. The second-order valence-electron chi connectivity index (χ2n) is 3.46. The number of fused-ring (bicyclic) bond motifs is 1. The first-order chi connectivity index (χ1) is 8.38. The van der Waals surface area contributed by atoms with E-state index in [9.17, 15) is 18.0 Å². The molecule has 1 aromatic rings. The molecule has 1 heterocycles. The zero-order valence-electron chi connectivity index (χ0n) is 8.82. The molecule has 0 saturated heterocycles. The summed E-state index contributed by atoms with van der Waals surface area (Å²) in [6.07, 6.45) is -4.64. The number of alkyl halides is 3. The van der Waals surface area contributed by atoms with Crippen LogP contribution in [0, 0.1) is 0 Å². The topological polar surface area (TPSA) is 55.8 Å². The average molecular weight is 260 g/mol. The number of allylic oxidation sites excluding steroid dienone is 1. The highest BCUT2D eigenvalue weighted by atomic mass is 19.4. The fourth-order valence-electron chi connectivity index (χ4n) is 1.52. The van der Waals surface area contributed by atoms with Gasteiger partial charge in [0.05, 0.1) is 5.57 Å². The van der Waals surface area contributed by atoms with Crippen molar-refractivity contribution in [3.8, 4) is 11.5 Å². The Morgan fingerprint density at radius 1 is 1.28 bits per heavy atom. The molecular formula is C11H7F3O4. The zero-order valence-corrected chi connectivity index (χ0v) is 8.82. The standard InChI is InChI=1S/C11H7F3O4/c12-11(13,14)7(4-10(15)16)6-1-2-8-9(3-6)18-5-17-8/h1-4H,5H2,(H,15,16)/b7-4+. The smallest absolute Gasteiger partial charge is 0.417 e. The maximum Gasteiger partial charge on any atom is 0.417 e. The number of hydrogen-bond donors (Lipinski definition) is 1. The maximum atomic E-state index is 12.7. The van der Waals surface area contributed by atoms with Gasteiger partial charge in [-0.3, -0.25) is 0 Å². The Bertz CT molecular complexity index is 520. The summed E-state index contributed by atoms with van der Waals surface area (Å²) in [5.74, 6) is -1.18.